The Morgan fingerprint density at radius 2 is 2.03 bits per heavy atom. The molecule has 6 nitrogen and oxygen atoms in total. The molecule has 1 saturated heterocycles. The third-order valence-electron chi connectivity index (χ3n) is 5.17. The second kappa shape index (κ2) is 11.1. The molecule has 0 aliphatic carbocycles. The summed E-state index contributed by atoms with van der Waals surface area (Å²) in [6.07, 6.45) is 0.980. The summed E-state index contributed by atoms with van der Waals surface area (Å²) < 4.78 is 0.838. The van der Waals surface area contributed by atoms with E-state index in [0.29, 0.717) is 5.75 Å². The van der Waals surface area contributed by atoms with Gasteiger partial charge in [-0.15, -0.1) is 21.5 Å². The number of carbonyl (C=O) groups excluding carboxylic acids is 1. The minimum Gasteiger partial charge on any atom is -0.360 e. The monoisotopic (exact) mass is 473 g/mol. The lowest BCUT2D eigenvalue weighted by molar-refractivity contribution is -0.130. The SMILES string of the molecule is Cc1cccc(CN2CCN(C(=O)CSc3nnc(NCCc4cccs4)s3)CC2)c1. The Balaban J connectivity index is 1.15. The Bertz CT molecular complexity index is 967. The average Bonchev–Trinajstić information content (AvgIpc) is 3.45. The molecule has 0 spiro atoms. The number of nitrogens with zero attached hydrogens (tertiary/aromatic N) is 4. The molecule has 2 aromatic heterocycles. The molecule has 1 N–H and O–H groups in total. The molecule has 0 atom stereocenters. The van der Waals surface area contributed by atoms with Gasteiger partial charge in [0, 0.05) is 44.1 Å². The van der Waals surface area contributed by atoms with Gasteiger partial charge in [0.15, 0.2) is 4.34 Å². The van der Waals surface area contributed by atoms with Gasteiger partial charge in [0.05, 0.1) is 5.75 Å². The minimum absolute atomic E-state index is 0.183. The van der Waals surface area contributed by atoms with Crippen LogP contribution < -0.4 is 5.32 Å². The fraction of sp³-hybridized carbons (Fsp3) is 0.409. The van der Waals surface area contributed by atoms with Crippen molar-refractivity contribution in [2.75, 3.05) is 43.8 Å². The summed E-state index contributed by atoms with van der Waals surface area (Å²) in [7, 11) is 0. The van der Waals surface area contributed by atoms with Crippen molar-refractivity contribution in [2.45, 2.75) is 24.2 Å². The molecular weight excluding hydrogens is 446 g/mol. The second-order valence-electron chi connectivity index (χ2n) is 7.56. The highest BCUT2D eigenvalue weighted by Gasteiger charge is 2.21. The van der Waals surface area contributed by atoms with Gasteiger partial charge in [0.1, 0.15) is 0 Å². The maximum absolute atomic E-state index is 12.6. The Kier molecular flexibility index (Phi) is 7.96. The number of hydrogen-bond donors (Lipinski definition) is 1. The molecule has 164 valence electrons. The molecule has 1 aromatic carbocycles. The van der Waals surface area contributed by atoms with Crippen molar-refractivity contribution in [1.82, 2.24) is 20.0 Å². The number of hydrogen-bond acceptors (Lipinski definition) is 8. The van der Waals surface area contributed by atoms with Crippen molar-refractivity contribution < 1.29 is 4.79 Å². The molecule has 1 aliphatic heterocycles. The normalized spacial score (nSPS) is 14.7. The van der Waals surface area contributed by atoms with Gasteiger partial charge in [-0.25, -0.2) is 0 Å². The highest BCUT2D eigenvalue weighted by molar-refractivity contribution is 8.01. The molecule has 0 unspecified atom stereocenters. The zero-order chi connectivity index (χ0) is 21.5. The summed E-state index contributed by atoms with van der Waals surface area (Å²) in [6, 6.07) is 12.9. The van der Waals surface area contributed by atoms with Crippen LogP contribution in [0.4, 0.5) is 5.13 Å². The van der Waals surface area contributed by atoms with E-state index in [0.717, 1.165) is 55.2 Å². The van der Waals surface area contributed by atoms with Crippen molar-refractivity contribution >= 4 is 45.5 Å². The predicted octanol–water partition coefficient (Wildman–Crippen LogP) is 4.00. The number of aromatic nitrogens is 2. The summed E-state index contributed by atoms with van der Waals surface area (Å²) in [5.41, 5.74) is 2.63. The summed E-state index contributed by atoms with van der Waals surface area (Å²) in [5, 5.41) is 14.6. The van der Waals surface area contributed by atoms with Gasteiger partial charge in [-0.2, -0.15) is 0 Å². The van der Waals surface area contributed by atoms with E-state index in [-0.39, 0.29) is 5.91 Å². The number of piperazine rings is 1. The van der Waals surface area contributed by atoms with Crippen LogP contribution in [0.1, 0.15) is 16.0 Å². The predicted molar refractivity (Wildman–Crippen MR) is 130 cm³/mol. The van der Waals surface area contributed by atoms with E-state index in [1.165, 1.54) is 39.1 Å². The zero-order valence-electron chi connectivity index (χ0n) is 17.6. The summed E-state index contributed by atoms with van der Waals surface area (Å²) in [5.74, 6) is 0.601. The van der Waals surface area contributed by atoms with Crippen LogP contribution in [-0.4, -0.2) is 64.4 Å². The van der Waals surface area contributed by atoms with Gasteiger partial charge in [-0.1, -0.05) is 59.0 Å². The highest BCUT2D eigenvalue weighted by atomic mass is 32.2. The fourth-order valence-corrected chi connectivity index (χ4v) is 5.92. The number of benzene rings is 1. The Morgan fingerprint density at radius 1 is 1.16 bits per heavy atom. The highest BCUT2D eigenvalue weighted by Crippen LogP contribution is 2.26. The molecule has 1 aliphatic rings. The number of rotatable bonds is 9. The van der Waals surface area contributed by atoms with Gasteiger partial charge in [0.25, 0.3) is 0 Å². The molecule has 1 fully saturated rings. The van der Waals surface area contributed by atoms with Gasteiger partial charge in [-0.05, 0) is 30.4 Å². The van der Waals surface area contributed by atoms with Crippen LogP contribution >= 0.6 is 34.4 Å². The van der Waals surface area contributed by atoms with E-state index >= 15 is 0 Å². The van der Waals surface area contributed by atoms with Crippen molar-refractivity contribution in [2.24, 2.45) is 0 Å². The standard InChI is InChI=1S/C22H27N5OS3/c1-17-4-2-5-18(14-17)15-26-9-11-27(12-10-26)20(28)16-30-22-25-24-21(31-22)23-8-7-19-6-3-13-29-19/h2-6,13-14H,7-12,15-16H2,1H3,(H,23,24). The summed E-state index contributed by atoms with van der Waals surface area (Å²) in [4.78, 5) is 18.4. The number of thioether (sulfide) groups is 1. The van der Waals surface area contributed by atoms with Crippen LogP contribution in [0, 0.1) is 6.92 Å². The first kappa shape index (κ1) is 22.3. The van der Waals surface area contributed by atoms with Crippen LogP contribution in [-0.2, 0) is 17.8 Å². The molecule has 9 heteroatoms. The van der Waals surface area contributed by atoms with Crippen LogP contribution in [0.2, 0.25) is 0 Å². The van der Waals surface area contributed by atoms with Crippen LogP contribution in [0.25, 0.3) is 0 Å². The maximum Gasteiger partial charge on any atom is 0.233 e. The van der Waals surface area contributed by atoms with E-state index in [1.54, 1.807) is 11.3 Å². The van der Waals surface area contributed by atoms with E-state index in [9.17, 15) is 4.79 Å². The van der Waals surface area contributed by atoms with Crippen molar-refractivity contribution in [3.05, 3.63) is 57.8 Å². The molecular formula is C22H27N5OS3. The molecule has 3 heterocycles. The van der Waals surface area contributed by atoms with Crippen LogP contribution in [0.15, 0.2) is 46.1 Å². The van der Waals surface area contributed by atoms with Gasteiger partial charge < -0.3 is 10.2 Å². The minimum atomic E-state index is 0.183. The molecule has 0 saturated carbocycles. The molecule has 3 aromatic rings. The van der Waals surface area contributed by atoms with E-state index in [4.69, 9.17) is 0 Å². The summed E-state index contributed by atoms with van der Waals surface area (Å²) in [6.45, 7) is 7.33. The number of anilines is 1. The maximum atomic E-state index is 12.6. The lowest BCUT2D eigenvalue weighted by atomic mass is 10.1. The Morgan fingerprint density at radius 3 is 2.81 bits per heavy atom. The van der Waals surface area contributed by atoms with Crippen molar-refractivity contribution in [1.29, 1.82) is 0 Å². The van der Waals surface area contributed by atoms with E-state index in [2.05, 4.69) is 69.1 Å². The first-order chi connectivity index (χ1) is 15.2. The smallest absolute Gasteiger partial charge is 0.233 e. The molecule has 0 radical (unpaired) electrons. The molecule has 0 bridgehead atoms. The Hall–Kier alpha value is -1.94. The molecule has 1 amide bonds. The number of nitrogens with one attached hydrogen (secondary N) is 1. The lowest BCUT2D eigenvalue weighted by Crippen LogP contribution is -2.48. The third kappa shape index (κ3) is 6.77. The second-order valence-corrected chi connectivity index (χ2v) is 10.8. The Labute approximate surface area is 195 Å². The topological polar surface area (TPSA) is 61.4 Å². The first-order valence-electron chi connectivity index (χ1n) is 10.4. The van der Waals surface area contributed by atoms with Crippen LogP contribution in [0.5, 0.6) is 0 Å². The van der Waals surface area contributed by atoms with Gasteiger partial charge in [0.2, 0.25) is 11.0 Å². The first-order valence-corrected chi connectivity index (χ1v) is 13.1. The fourth-order valence-electron chi connectivity index (χ4n) is 3.53. The lowest BCUT2D eigenvalue weighted by Gasteiger charge is -2.34. The largest absolute Gasteiger partial charge is 0.360 e. The third-order valence-corrected chi connectivity index (χ3v) is 8.10. The van der Waals surface area contributed by atoms with E-state index in [1.807, 2.05) is 4.90 Å². The van der Waals surface area contributed by atoms with Crippen LogP contribution in [0.3, 0.4) is 0 Å². The zero-order valence-corrected chi connectivity index (χ0v) is 20.1. The summed E-state index contributed by atoms with van der Waals surface area (Å²) >= 11 is 4.76. The van der Waals surface area contributed by atoms with Crippen molar-refractivity contribution in [3.63, 3.8) is 0 Å². The number of carbonyl (C=O) groups is 1. The van der Waals surface area contributed by atoms with Gasteiger partial charge in [-0.3, -0.25) is 9.69 Å². The quantitative estimate of drug-likeness (QED) is 0.474. The van der Waals surface area contributed by atoms with E-state index < -0.39 is 0 Å². The number of thiophene rings is 1. The van der Waals surface area contributed by atoms with Crippen molar-refractivity contribution in [3.8, 4) is 0 Å². The molecule has 31 heavy (non-hydrogen) atoms. The van der Waals surface area contributed by atoms with Gasteiger partial charge >= 0.3 is 0 Å². The average molecular weight is 474 g/mol. The number of amides is 1. The number of aryl methyl sites for hydroxylation is 1. The molecule has 4 rings (SSSR count).